The fourth-order valence-corrected chi connectivity index (χ4v) is 3.13. The maximum Gasteiger partial charge on any atom is 0.365 e. The molecule has 0 fully saturated rings. The van der Waals surface area contributed by atoms with Gasteiger partial charge in [0.15, 0.2) is 0 Å². The maximum atomic E-state index is 10.7. The zero-order valence-corrected chi connectivity index (χ0v) is 12.4. The van der Waals surface area contributed by atoms with E-state index in [-0.39, 0.29) is 5.01 Å². The van der Waals surface area contributed by atoms with E-state index in [1.165, 1.54) is 21.8 Å². The molecule has 0 aliphatic heterocycles. The van der Waals surface area contributed by atoms with Crippen molar-refractivity contribution < 1.29 is 9.90 Å². The lowest BCUT2D eigenvalue weighted by Gasteiger charge is -2.06. The van der Waals surface area contributed by atoms with Crippen LogP contribution in [-0.2, 0) is 5.75 Å². The number of hydrogen-bond donors (Lipinski definition) is 1. The first-order valence-electron chi connectivity index (χ1n) is 5.96. The number of hydrogen-bond acceptors (Lipinski definition) is 4. The van der Waals surface area contributed by atoms with Crippen molar-refractivity contribution in [3.05, 3.63) is 45.9 Å². The Morgan fingerprint density at radius 1 is 1.37 bits per heavy atom. The summed E-state index contributed by atoms with van der Waals surface area (Å²) in [6.07, 6.45) is 0. The van der Waals surface area contributed by atoms with Crippen molar-refractivity contribution in [3.8, 4) is 0 Å². The summed E-state index contributed by atoms with van der Waals surface area (Å²) >= 11 is 2.85. The quantitative estimate of drug-likeness (QED) is 0.837. The van der Waals surface area contributed by atoms with Gasteiger partial charge in [0.05, 0.1) is 5.69 Å². The molecule has 0 saturated carbocycles. The number of nitrogens with zero attached hydrogens (tertiary/aromatic N) is 1. The normalized spacial score (nSPS) is 10.9. The molecule has 1 N–H and O–H groups in total. The largest absolute Gasteiger partial charge is 0.476 e. The van der Waals surface area contributed by atoms with E-state index in [1.807, 2.05) is 0 Å². The van der Waals surface area contributed by atoms with Gasteiger partial charge in [-0.1, -0.05) is 26.0 Å². The van der Waals surface area contributed by atoms with Crippen LogP contribution in [0.3, 0.4) is 0 Å². The summed E-state index contributed by atoms with van der Waals surface area (Å²) in [5.74, 6) is 0.281. The van der Waals surface area contributed by atoms with Crippen LogP contribution in [0.2, 0.25) is 0 Å². The van der Waals surface area contributed by atoms with Gasteiger partial charge in [-0.2, -0.15) is 0 Å². The van der Waals surface area contributed by atoms with Gasteiger partial charge in [-0.25, -0.2) is 9.78 Å². The molecule has 2 aromatic rings. The maximum absolute atomic E-state index is 10.7. The lowest BCUT2D eigenvalue weighted by Crippen LogP contribution is -1.95. The molecule has 19 heavy (non-hydrogen) atoms. The van der Waals surface area contributed by atoms with E-state index in [0.29, 0.717) is 11.7 Å². The molecule has 5 heteroatoms. The van der Waals surface area contributed by atoms with E-state index in [0.717, 1.165) is 5.69 Å². The third kappa shape index (κ3) is 3.81. The lowest BCUT2D eigenvalue weighted by molar-refractivity contribution is 0.0696. The summed E-state index contributed by atoms with van der Waals surface area (Å²) in [5, 5.41) is 10.8. The third-order valence-electron chi connectivity index (χ3n) is 2.67. The second-order valence-electron chi connectivity index (χ2n) is 4.46. The van der Waals surface area contributed by atoms with Crippen molar-refractivity contribution in [2.75, 3.05) is 0 Å². The fourth-order valence-electron chi connectivity index (χ4n) is 1.58. The first-order valence-corrected chi connectivity index (χ1v) is 7.83. The van der Waals surface area contributed by atoms with Gasteiger partial charge in [0.25, 0.3) is 0 Å². The molecular formula is C14H15NO2S2. The average Bonchev–Trinajstić information content (AvgIpc) is 2.86. The number of thioether (sulfide) groups is 1. The zero-order chi connectivity index (χ0) is 13.8. The first kappa shape index (κ1) is 14.1. The topological polar surface area (TPSA) is 50.2 Å². The number of aromatic carboxylic acids is 1. The molecule has 0 bridgehead atoms. The highest BCUT2D eigenvalue weighted by atomic mass is 32.2. The molecule has 0 aliphatic carbocycles. The molecule has 1 aromatic heterocycles. The molecule has 0 aliphatic rings. The Morgan fingerprint density at radius 3 is 2.58 bits per heavy atom. The number of carboxylic acid groups (broad SMARTS) is 1. The van der Waals surface area contributed by atoms with Gasteiger partial charge in [0.2, 0.25) is 5.01 Å². The first-order chi connectivity index (χ1) is 9.06. The van der Waals surface area contributed by atoms with Gasteiger partial charge < -0.3 is 5.11 Å². The second-order valence-corrected chi connectivity index (χ2v) is 6.37. The lowest BCUT2D eigenvalue weighted by atomic mass is 10.0. The summed E-state index contributed by atoms with van der Waals surface area (Å²) < 4.78 is 0. The Bertz CT molecular complexity index is 561. The van der Waals surface area contributed by atoms with Crippen LogP contribution in [0.25, 0.3) is 0 Å². The molecule has 2 rings (SSSR count). The molecule has 0 unspecified atom stereocenters. The van der Waals surface area contributed by atoms with Gasteiger partial charge in [-0.3, -0.25) is 0 Å². The second kappa shape index (κ2) is 6.21. The van der Waals surface area contributed by atoms with Crippen LogP contribution in [-0.4, -0.2) is 16.1 Å². The van der Waals surface area contributed by atoms with Crippen LogP contribution < -0.4 is 0 Å². The van der Waals surface area contributed by atoms with Crippen molar-refractivity contribution in [2.24, 2.45) is 0 Å². The highest BCUT2D eigenvalue weighted by Gasteiger charge is 2.09. The van der Waals surface area contributed by atoms with Gasteiger partial charge in [0, 0.05) is 16.0 Å². The van der Waals surface area contributed by atoms with E-state index >= 15 is 0 Å². The summed E-state index contributed by atoms with van der Waals surface area (Å²) in [6.45, 7) is 4.34. The van der Waals surface area contributed by atoms with E-state index in [4.69, 9.17) is 5.11 Å². The van der Waals surface area contributed by atoms with Crippen LogP contribution in [0, 0.1) is 0 Å². The van der Waals surface area contributed by atoms with Crippen molar-refractivity contribution in [1.82, 2.24) is 4.98 Å². The zero-order valence-electron chi connectivity index (χ0n) is 10.8. The predicted octanol–water partition coefficient (Wildman–Crippen LogP) is 4.26. The number of carbonyl (C=O) groups is 1. The predicted molar refractivity (Wildman–Crippen MR) is 79.2 cm³/mol. The Balaban J connectivity index is 1.96. The summed E-state index contributed by atoms with van der Waals surface area (Å²) in [6, 6.07) is 8.47. The summed E-state index contributed by atoms with van der Waals surface area (Å²) in [7, 11) is 0. The van der Waals surface area contributed by atoms with Crippen molar-refractivity contribution >= 4 is 29.1 Å². The molecule has 0 atom stereocenters. The number of carboxylic acids is 1. The molecule has 3 nitrogen and oxygen atoms in total. The average molecular weight is 293 g/mol. The Kier molecular flexibility index (Phi) is 4.61. The standard InChI is InChI=1S/C14H15NO2S2/c1-9(2)10-3-5-12(6-4-10)18-7-11-8-19-13(15-11)14(16)17/h3-6,8-9H,7H2,1-2H3,(H,16,17). The van der Waals surface area contributed by atoms with Gasteiger partial charge in [0.1, 0.15) is 0 Å². The van der Waals surface area contributed by atoms with Gasteiger partial charge in [-0.05, 0) is 23.6 Å². The van der Waals surface area contributed by atoms with E-state index < -0.39 is 5.97 Å². The molecule has 0 radical (unpaired) electrons. The van der Waals surface area contributed by atoms with Crippen LogP contribution in [0.15, 0.2) is 34.5 Å². The van der Waals surface area contributed by atoms with Crippen LogP contribution in [0.4, 0.5) is 0 Å². The number of thiazole rings is 1. The molecular weight excluding hydrogens is 278 g/mol. The molecule has 0 amide bonds. The number of rotatable bonds is 5. The molecule has 100 valence electrons. The monoisotopic (exact) mass is 293 g/mol. The highest BCUT2D eigenvalue weighted by Crippen LogP contribution is 2.25. The molecule has 0 saturated heterocycles. The number of aromatic nitrogens is 1. The summed E-state index contributed by atoms with van der Waals surface area (Å²) in [4.78, 5) is 16.0. The van der Waals surface area contributed by atoms with E-state index in [9.17, 15) is 4.79 Å². The van der Waals surface area contributed by atoms with Crippen LogP contribution >= 0.6 is 23.1 Å². The minimum Gasteiger partial charge on any atom is -0.476 e. The Hall–Kier alpha value is -1.33. The fraction of sp³-hybridized carbons (Fsp3) is 0.286. The molecule has 1 aromatic carbocycles. The van der Waals surface area contributed by atoms with Gasteiger partial charge in [-0.15, -0.1) is 23.1 Å². The third-order valence-corrected chi connectivity index (χ3v) is 4.59. The van der Waals surface area contributed by atoms with Crippen molar-refractivity contribution in [3.63, 3.8) is 0 Å². The minimum absolute atomic E-state index is 0.158. The SMILES string of the molecule is CC(C)c1ccc(SCc2csc(C(=O)O)n2)cc1. The highest BCUT2D eigenvalue weighted by molar-refractivity contribution is 7.98. The Labute approximate surface area is 120 Å². The summed E-state index contributed by atoms with van der Waals surface area (Å²) in [5.41, 5.74) is 2.14. The van der Waals surface area contributed by atoms with E-state index in [2.05, 4.69) is 43.1 Å². The molecule has 1 heterocycles. The van der Waals surface area contributed by atoms with Crippen LogP contribution in [0.1, 0.15) is 40.8 Å². The van der Waals surface area contributed by atoms with Crippen LogP contribution in [0.5, 0.6) is 0 Å². The minimum atomic E-state index is -0.956. The number of benzene rings is 1. The molecule has 0 spiro atoms. The Morgan fingerprint density at radius 2 is 2.05 bits per heavy atom. The van der Waals surface area contributed by atoms with E-state index in [1.54, 1.807) is 17.1 Å². The van der Waals surface area contributed by atoms with Crippen molar-refractivity contribution in [1.29, 1.82) is 0 Å². The van der Waals surface area contributed by atoms with Crippen molar-refractivity contribution in [2.45, 2.75) is 30.4 Å². The smallest absolute Gasteiger partial charge is 0.365 e. The van der Waals surface area contributed by atoms with Gasteiger partial charge >= 0.3 is 5.97 Å².